The monoisotopic (exact) mass is 317 g/mol. The van der Waals surface area contributed by atoms with E-state index < -0.39 is 12.6 Å². The van der Waals surface area contributed by atoms with Crippen LogP contribution in [-0.4, -0.2) is 49.8 Å². The summed E-state index contributed by atoms with van der Waals surface area (Å²) < 4.78 is 41.7. The molecule has 6 heteroatoms. The number of alkyl halides is 4. The van der Waals surface area contributed by atoms with E-state index in [1.807, 2.05) is 0 Å². The van der Waals surface area contributed by atoms with E-state index in [2.05, 4.69) is 15.9 Å². The van der Waals surface area contributed by atoms with Gasteiger partial charge in [-0.3, -0.25) is 0 Å². The molecule has 0 atom stereocenters. The van der Waals surface area contributed by atoms with E-state index in [0.29, 0.717) is 19.8 Å². The van der Waals surface area contributed by atoms with E-state index in [9.17, 15) is 13.2 Å². The van der Waals surface area contributed by atoms with E-state index in [1.54, 1.807) is 11.9 Å². The Labute approximate surface area is 109 Å². The lowest BCUT2D eigenvalue weighted by Gasteiger charge is -2.38. The molecule has 0 spiro atoms. The number of rotatable bonds is 5. The maximum Gasteiger partial charge on any atom is 0.390 e. The van der Waals surface area contributed by atoms with Crippen LogP contribution in [-0.2, 0) is 4.74 Å². The second-order valence-electron chi connectivity index (χ2n) is 4.85. The molecule has 1 aliphatic heterocycles. The average Bonchev–Trinajstić information content (AvgIpc) is 2.27. The Bertz CT molecular complexity index is 229. The molecule has 0 aromatic rings. The van der Waals surface area contributed by atoms with Gasteiger partial charge in [0, 0.05) is 31.6 Å². The van der Waals surface area contributed by atoms with Gasteiger partial charge in [0.1, 0.15) is 0 Å². The zero-order chi connectivity index (χ0) is 12.9. The van der Waals surface area contributed by atoms with Gasteiger partial charge in [-0.1, -0.05) is 15.9 Å². The summed E-state index contributed by atoms with van der Waals surface area (Å²) in [5, 5.41) is 0.819. The summed E-state index contributed by atoms with van der Waals surface area (Å²) in [6.07, 6.45) is -2.98. The van der Waals surface area contributed by atoms with Gasteiger partial charge in [0.15, 0.2) is 0 Å². The SMILES string of the molecule is CN(CCC(F)(F)F)CC1(CBr)CCOCC1. The third-order valence-electron chi connectivity index (χ3n) is 3.22. The van der Waals surface area contributed by atoms with Crippen molar-refractivity contribution in [2.75, 3.05) is 38.7 Å². The maximum absolute atomic E-state index is 12.1. The van der Waals surface area contributed by atoms with E-state index in [4.69, 9.17) is 4.74 Å². The number of ether oxygens (including phenoxy) is 1. The molecular formula is C11H19BrF3NO. The van der Waals surface area contributed by atoms with Crippen LogP contribution in [0.2, 0.25) is 0 Å². The quantitative estimate of drug-likeness (QED) is 0.723. The highest BCUT2D eigenvalue weighted by atomic mass is 79.9. The number of hydrogen-bond donors (Lipinski definition) is 0. The smallest absolute Gasteiger partial charge is 0.381 e. The Morgan fingerprint density at radius 2 is 1.88 bits per heavy atom. The predicted octanol–water partition coefficient (Wildman–Crippen LogP) is 3.06. The third kappa shape index (κ3) is 5.57. The van der Waals surface area contributed by atoms with Crippen LogP contribution in [0.25, 0.3) is 0 Å². The molecule has 1 rings (SSSR count). The summed E-state index contributed by atoms with van der Waals surface area (Å²) in [7, 11) is 1.76. The van der Waals surface area contributed by atoms with Gasteiger partial charge in [0.05, 0.1) is 6.42 Å². The fourth-order valence-electron chi connectivity index (χ4n) is 2.11. The molecule has 0 aromatic carbocycles. The highest BCUT2D eigenvalue weighted by Gasteiger charge is 2.34. The van der Waals surface area contributed by atoms with Crippen molar-refractivity contribution in [1.29, 1.82) is 0 Å². The van der Waals surface area contributed by atoms with Gasteiger partial charge in [0.2, 0.25) is 0 Å². The molecular weight excluding hydrogens is 299 g/mol. The molecule has 0 radical (unpaired) electrons. The predicted molar refractivity (Wildman–Crippen MR) is 64.4 cm³/mol. The highest BCUT2D eigenvalue weighted by molar-refractivity contribution is 9.09. The second kappa shape index (κ2) is 6.38. The molecule has 0 N–H and O–H groups in total. The first-order chi connectivity index (χ1) is 7.87. The Morgan fingerprint density at radius 3 is 2.35 bits per heavy atom. The van der Waals surface area contributed by atoms with Gasteiger partial charge in [-0.15, -0.1) is 0 Å². The molecule has 0 bridgehead atoms. The number of nitrogens with zero attached hydrogens (tertiary/aromatic N) is 1. The van der Waals surface area contributed by atoms with E-state index in [0.717, 1.165) is 18.2 Å². The molecule has 17 heavy (non-hydrogen) atoms. The molecule has 2 nitrogen and oxygen atoms in total. The van der Waals surface area contributed by atoms with Gasteiger partial charge in [-0.25, -0.2) is 0 Å². The summed E-state index contributed by atoms with van der Waals surface area (Å²) in [5.41, 5.74) is 0.0681. The minimum Gasteiger partial charge on any atom is -0.381 e. The molecule has 0 aromatic heterocycles. The van der Waals surface area contributed by atoms with Crippen molar-refractivity contribution in [2.24, 2.45) is 5.41 Å². The van der Waals surface area contributed by atoms with Crippen molar-refractivity contribution in [3.63, 3.8) is 0 Å². The Balaban J connectivity index is 2.39. The lowest BCUT2D eigenvalue weighted by molar-refractivity contribution is -0.138. The largest absolute Gasteiger partial charge is 0.390 e. The first kappa shape index (κ1) is 15.2. The fourth-order valence-corrected chi connectivity index (χ4v) is 2.85. The molecule has 1 aliphatic rings. The van der Waals surface area contributed by atoms with E-state index >= 15 is 0 Å². The lowest BCUT2D eigenvalue weighted by atomic mass is 9.82. The van der Waals surface area contributed by atoms with Crippen LogP contribution in [0.5, 0.6) is 0 Å². The zero-order valence-electron chi connectivity index (χ0n) is 10.0. The molecule has 0 amide bonds. The molecule has 1 heterocycles. The zero-order valence-corrected chi connectivity index (χ0v) is 11.6. The summed E-state index contributed by atoms with van der Waals surface area (Å²) >= 11 is 3.48. The first-order valence-corrected chi connectivity index (χ1v) is 6.88. The maximum atomic E-state index is 12.1. The van der Waals surface area contributed by atoms with Crippen LogP contribution in [0, 0.1) is 5.41 Å². The van der Waals surface area contributed by atoms with Gasteiger partial charge in [-0.05, 0) is 25.3 Å². The van der Waals surface area contributed by atoms with Crippen molar-refractivity contribution in [2.45, 2.75) is 25.4 Å². The summed E-state index contributed by atoms with van der Waals surface area (Å²) in [6, 6.07) is 0. The van der Waals surface area contributed by atoms with Crippen molar-refractivity contribution < 1.29 is 17.9 Å². The normalized spacial score (nSPS) is 20.8. The van der Waals surface area contributed by atoms with Gasteiger partial charge in [-0.2, -0.15) is 13.2 Å². The van der Waals surface area contributed by atoms with Crippen molar-refractivity contribution in [3.8, 4) is 0 Å². The molecule has 102 valence electrons. The van der Waals surface area contributed by atoms with Crippen LogP contribution in [0.1, 0.15) is 19.3 Å². The Morgan fingerprint density at radius 1 is 1.29 bits per heavy atom. The third-order valence-corrected chi connectivity index (χ3v) is 4.41. The van der Waals surface area contributed by atoms with Crippen molar-refractivity contribution in [3.05, 3.63) is 0 Å². The van der Waals surface area contributed by atoms with Crippen LogP contribution in [0.4, 0.5) is 13.2 Å². The molecule has 1 saturated heterocycles. The fraction of sp³-hybridized carbons (Fsp3) is 1.00. The second-order valence-corrected chi connectivity index (χ2v) is 5.41. The van der Waals surface area contributed by atoms with E-state index in [-0.39, 0.29) is 12.0 Å². The highest BCUT2D eigenvalue weighted by Crippen LogP contribution is 2.33. The van der Waals surface area contributed by atoms with Crippen LogP contribution in [0.15, 0.2) is 0 Å². The lowest BCUT2D eigenvalue weighted by Crippen LogP contribution is -2.42. The first-order valence-electron chi connectivity index (χ1n) is 5.76. The van der Waals surface area contributed by atoms with Gasteiger partial charge >= 0.3 is 6.18 Å². The van der Waals surface area contributed by atoms with Crippen molar-refractivity contribution >= 4 is 15.9 Å². The summed E-state index contributed by atoms with van der Waals surface area (Å²) in [4.78, 5) is 1.78. The van der Waals surface area contributed by atoms with Crippen LogP contribution < -0.4 is 0 Å². The molecule has 0 unspecified atom stereocenters. The Hall–Kier alpha value is 0.190. The van der Waals surface area contributed by atoms with Crippen LogP contribution >= 0.6 is 15.9 Å². The summed E-state index contributed by atoms with van der Waals surface area (Å²) in [6.45, 7) is 2.17. The van der Waals surface area contributed by atoms with Crippen molar-refractivity contribution in [1.82, 2.24) is 4.90 Å². The Kier molecular flexibility index (Phi) is 5.73. The van der Waals surface area contributed by atoms with Gasteiger partial charge in [0.25, 0.3) is 0 Å². The molecule has 1 fully saturated rings. The molecule has 0 saturated carbocycles. The minimum atomic E-state index is -4.06. The number of hydrogen-bond acceptors (Lipinski definition) is 2. The van der Waals surface area contributed by atoms with E-state index in [1.165, 1.54) is 0 Å². The summed E-state index contributed by atoms with van der Waals surface area (Å²) in [5.74, 6) is 0. The minimum absolute atomic E-state index is 0.0681. The molecule has 0 aliphatic carbocycles. The average molecular weight is 318 g/mol. The number of halogens is 4. The standard InChI is InChI=1S/C11H19BrF3NO/c1-16(5-2-11(13,14)15)9-10(8-12)3-6-17-7-4-10/h2-9H2,1H3. The van der Waals surface area contributed by atoms with Gasteiger partial charge < -0.3 is 9.64 Å². The van der Waals surface area contributed by atoms with Crippen LogP contribution in [0.3, 0.4) is 0 Å². The topological polar surface area (TPSA) is 12.5 Å².